The van der Waals surface area contributed by atoms with Gasteiger partial charge in [-0.15, -0.1) is 0 Å². The van der Waals surface area contributed by atoms with Gasteiger partial charge in [0.15, 0.2) is 0 Å². The third-order valence-electron chi connectivity index (χ3n) is 5.24. The maximum Gasteiger partial charge on any atom is 0.244 e. The van der Waals surface area contributed by atoms with Gasteiger partial charge in [0.2, 0.25) is 10.0 Å². The first-order valence-electron chi connectivity index (χ1n) is 9.51. The molecule has 1 atom stereocenters. The molecule has 0 spiro atoms. The first-order valence-corrected chi connectivity index (χ1v) is 11.0. The predicted octanol–water partition coefficient (Wildman–Crippen LogP) is 2.68. The number of rotatable bonds is 5. The van der Waals surface area contributed by atoms with E-state index in [0.29, 0.717) is 36.2 Å². The molecule has 0 amide bonds. The molecule has 9 heteroatoms. The lowest BCUT2D eigenvalue weighted by atomic mass is 10.0. The first kappa shape index (κ1) is 20.4. The van der Waals surface area contributed by atoms with Gasteiger partial charge in [0.1, 0.15) is 11.6 Å². The lowest BCUT2D eigenvalue weighted by Crippen LogP contribution is -2.37. The van der Waals surface area contributed by atoms with Gasteiger partial charge in [-0.05, 0) is 36.6 Å². The van der Waals surface area contributed by atoms with Crippen LogP contribution in [0.1, 0.15) is 12.8 Å². The summed E-state index contributed by atoms with van der Waals surface area (Å²) in [6, 6.07) is 10.5. The Morgan fingerprint density at radius 1 is 1.13 bits per heavy atom. The van der Waals surface area contributed by atoms with Crippen LogP contribution in [0.5, 0.6) is 0 Å². The van der Waals surface area contributed by atoms with E-state index < -0.39 is 21.9 Å². The van der Waals surface area contributed by atoms with Crippen molar-refractivity contribution < 1.29 is 17.9 Å². The van der Waals surface area contributed by atoms with E-state index in [1.165, 1.54) is 28.8 Å². The fourth-order valence-electron chi connectivity index (χ4n) is 3.73. The quantitative estimate of drug-likeness (QED) is 0.647. The fourth-order valence-corrected chi connectivity index (χ4v) is 5.63. The highest BCUT2D eigenvalue weighted by molar-refractivity contribution is 7.89. The van der Waals surface area contributed by atoms with Crippen molar-refractivity contribution in [3.8, 4) is 22.4 Å². The minimum absolute atomic E-state index is 0.0878. The third kappa shape index (κ3) is 3.67. The summed E-state index contributed by atoms with van der Waals surface area (Å²) in [5, 5.41) is 9.55. The molecule has 156 valence electrons. The number of aliphatic hydroxyl groups excluding tert-OH is 1. The number of halogens is 1. The lowest BCUT2D eigenvalue weighted by molar-refractivity contribution is 0.213. The predicted molar refractivity (Wildman–Crippen MR) is 111 cm³/mol. The van der Waals surface area contributed by atoms with Crippen molar-refractivity contribution in [2.45, 2.75) is 23.8 Å². The smallest absolute Gasteiger partial charge is 0.244 e. The van der Waals surface area contributed by atoms with Crippen LogP contribution in [0.25, 0.3) is 22.4 Å². The highest BCUT2D eigenvalue weighted by atomic mass is 32.2. The second-order valence-corrected chi connectivity index (χ2v) is 8.97. The molecule has 0 aliphatic carbocycles. The molecule has 1 unspecified atom stereocenters. The summed E-state index contributed by atoms with van der Waals surface area (Å²) < 4.78 is 42.8. The molecule has 1 saturated heterocycles. The molecular weight excluding hydrogens is 407 g/mol. The molecule has 1 aliphatic heterocycles. The van der Waals surface area contributed by atoms with Gasteiger partial charge in [-0.3, -0.25) is 4.98 Å². The average molecular weight is 428 g/mol. The van der Waals surface area contributed by atoms with Crippen LogP contribution in [-0.4, -0.2) is 47.0 Å². The topological polar surface area (TPSA) is 109 Å². The van der Waals surface area contributed by atoms with Gasteiger partial charge in [-0.25, -0.2) is 17.8 Å². The number of hydrogen-bond acceptors (Lipinski definition) is 6. The standard InChI is InChI=1S/C21H21FN4O3S/c22-18-10-14(7-8-17(18)19-11-25-21(23)12-24-19)16-5-1-2-6-20(16)30(28,29)26-9-3-4-15(26)13-27/h1-2,5-8,10-12,15,27H,3-4,9,13H2,(H2,23,25). The summed E-state index contributed by atoms with van der Waals surface area (Å²) in [5.74, 6) is -0.314. The Morgan fingerprint density at radius 2 is 1.93 bits per heavy atom. The summed E-state index contributed by atoms with van der Waals surface area (Å²) in [5.41, 5.74) is 6.93. The Kier molecular flexibility index (Phi) is 5.50. The van der Waals surface area contributed by atoms with E-state index in [9.17, 15) is 17.9 Å². The molecule has 1 aromatic heterocycles. The van der Waals surface area contributed by atoms with Crippen LogP contribution in [0.3, 0.4) is 0 Å². The summed E-state index contributed by atoms with van der Waals surface area (Å²) in [6.07, 6.45) is 4.04. The van der Waals surface area contributed by atoms with E-state index in [1.54, 1.807) is 30.3 Å². The maximum atomic E-state index is 14.9. The van der Waals surface area contributed by atoms with Gasteiger partial charge in [-0.1, -0.05) is 24.3 Å². The van der Waals surface area contributed by atoms with Gasteiger partial charge < -0.3 is 10.8 Å². The summed E-state index contributed by atoms with van der Waals surface area (Å²) in [4.78, 5) is 8.10. The van der Waals surface area contributed by atoms with Crippen molar-refractivity contribution in [2.24, 2.45) is 0 Å². The normalized spacial score (nSPS) is 17.3. The van der Waals surface area contributed by atoms with Crippen LogP contribution in [-0.2, 0) is 10.0 Å². The summed E-state index contributed by atoms with van der Waals surface area (Å²) in [7, 11) is -3.84. The Bertz CT molecular complexity index is 1170. The highest BCUT2D eigenvalue weighted by Gasteiger charge is 2.36. The Labute approximate surface area is 174 Å². The van der Waals surface area contributed by atoms with Gasteiger partial charge in [-0.2, -0.15) is 4.31 Å². The van der Waals surface area contributed by atoms with E-state index >= 15 is 0 Å². The van der Waals surface area contributed by atoms with Crippen LogP contribution in [0.15, 0.2) is 59.8 Å². The van der Waals surface area contributed by atoms with E-state index in [1.807, 2.05) is 0 Å². The van der Waals surface area contributed by atoms with Crippen molar-refractivity contribution >= 4 is 15.8 Å². The number of nitrogens with two attached hydrogens (primary N) is 1. The van der Waals surface area contributed by atoms with Crippen molar-refractivity contribution in [1.82, 2.24) is 14.3 Å². The average Bonchev–Trinajstić information content (AvgIpc) is 3.24. The molecule has 30 heavy (non-hydrogen) atoms. The number of anilines is 1. The molecule has 0 saturated carbocycles. The van der Waals surface area contributed by atoms with Gasteiger partial charge in [0.05, 0.1) is 29.6 Å². The molecule has 4 rings (SSSR count). The van der Waals surface area contributed by atoms with E-state index in [2.05, 4.69) is 9.97 Å². The van der Waals surface area contributed by atoms with E-state index in [4.69, 9.17) is 5.73 Å². The van der Waals surface area contributed by atoms with Crippen molar-refractivity contribution in [2.75, 3.05) is 18.9 Å². The largest absolute Gasteiger partial charge is 0.395 e. The zero-order valence-corrected chi connectivity index (χ0v) is 16.9. The monoisotopic (exact) mass is 428 g/mol. The number of aromatic nitrogens is 2. The zero-order valence-electron chi connectivity index (χ0n) is 16.1. The molecule has 2 heterocycles. The summed E-state index contributed by atoms with van der Waals surface area (Å²) in [6.45, 7) is 0.123. The molecule has 0 radical (unpaired) electrons. The number of nitrogen functional groups attached to an aromatic ring is 1. The second kappa shape index (κ2) is 8.10. The molecule has 2 aromatic carbocycles. The van der Waals surface area contributed by atoms with Gasteiger partial charge in [0, 0.05) is 23.7 Å². The SMILES string of the molecule is Nc1cnc(-c2ccc(-c3ccccc3S(=O)(=O)N3CCCC3CO)cc2F)cn1. The molecule has 1 fully saturated rings. The van der Waals surface area contributed by atoms with Crippen LogP contribution >= 0.6 is 0 Å². The minimum Gasteiger partial charge on any atom is -0.395 e. The Balaban J connectivity index is 1.76. The lowest BCUT2D eigenvalue weighted by Gasteiger charge is -2.24. The fraction of sp³-hybridized carbons (Fsp3) is 0.238. The van der Waals surface area contributed by atoms with Crippen LogP contribution in [0.4, 0.5) is 10.2 Å². The van der Waals surface area contributed by atoms with E-state index in [-0.39, 0.29) is 22.9 Å². The van der Waals surface area contributed by atoms with E-state index in [0.717, 1.165) is 0 Å². The molecule has 7 nitrogen and oxygen atoms in total. The maximum absolute atomic E-state index is 14.9. The number of hydrogen-bond donors (Lipinski definition) is 2. The Hall–Kier alpha value is -2.88. The highest BCUT2D eigenvalue weighted by Crippen LogP contribution is 2.34. The molecule has 0 bridgehead atoms. The van der Waals surface area contributed by atoms with Crippen molar-refractivity contribution in [1.29, 1.82) is 0 Å². The van der Waals surface area contributed by atoms with Crippen LogP contribution in [0.2, 0.25) is 0 Å². The minimum atomic E-state index is -3.84. The van der Waals surface area contributed by atoms with Crippen molar-refractivity contribution in [3.63, 3.8) is 0 Å². The zero-order chi connectivity index (χ0) is 21.3. The van der Waals surface area contributed by atoms with Gasteiger partial charge in [0.25, 0.3) is 0 Å². The molecule has 3 aromatic rings. The first-order chi connectivity index (χ1) is 14.4. The number of aliphatic hydroxyl groups is 1. The van der Waals surface area contributed by atoms with Crippen LogP contribution in [0, 0.1) is 5.82 Å². The van der Waals surface area contributed by atoms with Gasteiger partial charge >= 0.3 is 0 Å². The summed E-state index contributed by atoms with van der Waals surface area (Å²) >= 11 is 0. The Morgan fingerprint density at radius 3 is 2.63 bits per heavy atom. The van der Waals surface area contributed by atoms with Crippen molar-refractivity contribution in [3.05, 3.63) is 60.7 Å². The third-order valence-corrected chi connectivity index (χ3v) is 7.25. The molecule has 1 aliphatic rings. The molecular formula is C21H21FN4O3S. The number of sulfonamides is 1. The number of benzene rings is 2. The molecule has 3 N–H and O–H groups in total. The second-order valence-electron chi connectivity index (χ2n) is 7.11. The number of nitrogens with zero attached hydrogens (tertiary/aromatic N) is 3. The van der Waals surface area contributed by atoms with Crippen LogP contribution < -0.4 is 5.73 Å².